The highest BCUT2D eigenvalue weighted by atomic mass is 16.2. The molecule has 1 N–H and O–H groups in total. The van der Waals surface area contributed by atoms with Gasteiger partial charge in [0.25, 0.3) is 0 Å². The van der Waals surface area contributed by atoms with E-state index >= 15 is 0 Å². The number of rotatable bonds is 23. The summed E-state index contributed by atoms with van der Waals surface area (Å²) in [5.74, 6) is 0.0395. The van der Waals surface area contributed by atoms with Gasteiger partial charge < -0.3 is 0 Å². The maximum Gasteiger partial charge on any atom is 0.240 e. The quantitative estimate of drug-likeness (QED) is 0.0680. The molecule has 0 aromatic heterocycles. The van der Waals surface area contributed by atoms with Gasteiger partial charge in [-0.05, 0) is 44.8 Å². The third kappa shape index (κ3) is 20.1. The molecule has 0 rings (SSSR count). The zero-order valence-electron chi connectivity index (χ0n) is 23.7. The van der Waals surface area contributed by atoms with Crippen LogP contribution in [0, 0.1) is 5.41 Å². The number of carbonyl (C=O) groups is 1. The number of unbranched alkanes of at least 4 members (excludes halogenated alkanes) is 15. The molecule has 0 radical (unpaired) electrons. The lowest BCUT2D eigenvalue weighted by Crippen LogP contribution is -2.23. The van der Waals surface area contributed by atoms with Crippen LogP contribution in [0.3, 0.4) is 0 Å². The van der Waals surface area contributed by atoms with Gasteiger partial charge in [0.15, 0.2) is 0 Å². The first-order valence-corrected chi connectivity index (χ1v) is 14.7. The number of hydrazone groups is 1. The second-order valence-corrected chi connectivity index (χ2v) is 10.5. The van der Waals surface area contributed by atoms with Gasteiger partial charge in [0.05, 0.1) is 0 Å². The predicted molar refractivity (Wildman–Crippen MR) is 151 cm³/mol. The third-order valence-electron chi connectivity index (χ3n) is 6.82. The van der Waals surface area contributed by atoms with E-state index in [1.165, 1.54) is 89.0 Å². The summed E-state index contributed by atoms with van der Waals surface area (Å²) in [5, 5.41) is 4.33. The summed E-state index contributed by atoms with van der Waals surface area (Å²) in [5.41, 5.74) is 7.17. The molecule has 0 aromatic rings. The van der Waals surface area contributed by atoms with E-state index in [4.69, 9.17) is 0 Å². The lowest BCUT2D eigenvalue weighted by Gasteiger charge is -2.23. The van der Waals surface area contributed by atoms with E-state index in [0.717, 1.165) is 38.5 Å². The second kappa shape index (κ2) is 23.4. The summed E-state index contributed by atoms with van der Waals surface area (Å²) >= 11 is 0. The Hall–Kier alpha value is -1.34. The van der Waals surface area contributed by atoms with Crippen LogP contribution in [0.5, 0.6) is 0 Å². The van der Waals surface area contributed by atoms with Crippen LogP contribution in [0.15, 0.2) is 22.5 Å². The molecule has 3 nitrogen and oxygen atoms in total. The maximum absolute atomic E-state index is 12.2. The zero-order chi connectivity index (χ0) is 25.3. The molecule has 0 aliphatic heterocycles. The lowest BCUT2D eigenvalue weighted by atomic mass is 9.81. The van der Waals surface area contributed by atoms with Crippen molar-refractivity contribution in [2.45, 2.75) is 163 Å². The van der Waals surface area contributed by atoms with Crippen molar-refractivity contribution in [3.05, 3.63) is 17.4 Å². The maximum atomic E-state index is 12.2. The average Bonchev–Trinajstić information content (AvgIpc) is 2.83. The molecule has 198 valence electrons. The van der Waals surface area contributed by atoms with Crippen molar-refractivity contribution in [3.8, 4) is 0 Å². The molecule has 0 saturated carbocycles. The minimum Gasteiger partial charge on any atom is -0.273 e. The molecule has 1 amide bonds. The Morgan fingerprint density at radius 1 is 0.735 bits per heavy atom. The molecule has 0 unspecified atom stereocenters. The Bertz CT molecular complexity index is 570. The normalized spacial score (nSPS) is 13.0. The number of hydrogen-bond acceptors (Lipinski definition) is 2. The Labute approximate surface area is 213 Å². The first kappa shape index (κ1) is 32.7. The fourth-order valence-corrected chi connectivity index (χ4v) is 4.28. The molecule has 0 bridgehead atoms. The first-order valence-electron chi connectivity index (χ1n) is 14.7. The summed E-state index contributed by atoms with van der Waals surface area (Å²) in [6.45, 7) is 10.8. The highest BCUT2D eigenvalue weighted by Gasteiger charge is 2.22. The van der Waals surface area contributed by atoms with Gasteiger partial charge in [-0.1, -0.05) is 124 Å². The van der Waals surface area contributed by atoms with Crippen molar-refractivity contribution in [2.75, 3.05) is 0 Å². The van der Waals surface area contributed by atoms with E-state index in [-0.39, 0.29) is 11.3 Å². The molecule has 0 saturated heterocycles. The van der Waals surface area contributed by atoms with Crippen LogP contribution in [0.1, 0.15) is 163 Å². The molecule has 0 fully saturated rings. The standard InChI is InChI=1S/C31H58N2O/c1-6-9-11-12-13-14-15-16-17-18-19-20-21-22-23-24-30(34)33-32-28-31(8-3,26-10-7-2)27-25-29(4)5/h27-28H,6-24,26H2,1-5H3,(H,33,34)/b32-28-/t31-/m0/s1. The SMILES string of the molecule is CCCCCCCCCCCCCCCCCC(=O)N/N=C\[C@@](C=C=C(C)C)(CC)CCCC. The summed E-state index contributed by atoms with van der Waals surface area (Å²) in [6.07, 6.45) is 29.1. The van der Waals surface area contributed by atoms with Crippen molar-refractivity contribution in [1.82, 2.24) is 5.43 Å². The molecule has 0 heterocycles. The molecule has 3 heteroatoms. The Morgan fingerprint density at radius 2 is 1.21 bits per heavy atom. The number of carbonyl (C=O) groups excluding carboxylic acids is 1. The van der Waals surface area contributed by atoms with Crippen LogP contribution in [0.4, 0.5) is 0 Å². The van der Waals surface area contributed by atoms with E-state index in [9.17, 15) is 4.79 Å². The first-order chi connectivity index (χ1) is 16.5. The zero-order valence-corrected chi connectivity index (χ0v) is 23.7. The largest absolute Gasteiger partial charge is 0.273 e. The van der Waals surface area contributed by atoms with E-state index < -0.39 is 0 Å². The molecule has 0 aliphatic rings. The number of hydrogen-bond donors (Lipinski definition) is 1. The molecule has 0 spiro atoms. The molecule has 34 heavy (non-hydrogen) atoms. The predicted octanol–water partition coefficient (Wildman–Crippen LogP) is 10.1. The van der Waals surface area contributed by atoms with Gasteiger partial charge in [-0.3, -0.25) is 4.79 Å². The minimum atomic E-state index is -0.116. The molecular weight excluding hydrogens is 416 g/mol. The monoisotopic (exact) mass is 474 g/mol. The smallest absolute Gasteiger partial charge is 0.240 e. The number of nitrogens with zero attached hydrogens (tertiary/aromatic N) is 1. The van der Waals surface area contributed by atoms with Crippen LogP contribution >= 0.6 is 0 Å². The average molecular weight is 475 g/mol. The van der Waals surface area contributed by atoms with E-state index in [1.807, 2.05) is 6.21 Å². The Balaban J connectivity index is 3.86. The molecule has 0 aliphatic carbocycles. The second-order valence-electron chi connectivity index (χ2n) is 10.5. The summed E-state index contributed by atoms with van der Waals surface area (Å²) < 4.78 is 0. The topological polar surface area (TPSA) is 41.5 Å². The summed E-state index contributed by atoms with van der Waals surface area (Å²) in [7, 11) is 0. The van der Waals surface area contributed by atoms with Crippen LogP contribution < -0.4 is 5.43 Å². The lowest BCUT2D eigenvalue weighted by molar-refractivity contribution is -0.121. The van der Waals surface area contributed by atoms with Gasteiger partial charge in [0.1, 0.15) is 0 Å². The third-order valence-corrected chi connectivity index (χ3v) is 6.82. The highest BCUT2D eigenvalue weighted by molar-refractivity contribution is 5.77. The van der Waals surface area contributed by atoms with Crippen molar-refractivity contribution < 1.29 is 4.79 Å². The molecular formula is C31H58N2O. The summed E-state index contributed by atoms with van der Waals surface area (Å²) in [6, 6.07) is 0. The van der Waals surface area contributed by atoms with Gasteiger partial charge in [-0.2, -0.15) is 5.10 Å². The van der Waals surface area contributed by atoms with Crippen molar-refractivity contribution in [3.63, 3.8) is 0 Å². The van der Waals surface area contributed by atoms with Crippen LogP contribution in [0.2, 0.25) is 0 Å². The Morgan fingerprint density at radius 3 is 1.65 bits per heavy atom. The van der Waals surface area contributed by atoms with Crippen molar-refractivity contribution in [2.24, 2.45) is 10.5 Å². The fraction of sp³-hybridized carbons (Fsp3) is 0.839. The van der Waals surface area contributed by atoms with E-state index in [0.29, 0.717) is 6.42 Å². The van der Waals surface area contributed by atoms with E-state index in [2.05, 4.69) is 57.0 Å². The van der Waals surface area contributed by atoms with Gasteiger partial charge in [0.2, 0.25) is 5.91 Å². The van der Waals surface area contributed by atoms with Crippen LogP contribution in [-0.2, 0) is 4.79 Å². The molecule has 1 atom stereocenters. The fourth-order valence-electron chi connectivity index (χ4n) is 4.28. The van der Waals surface area contributed by atoms with Gasteiger partial charge in [-0.25, -0.2) is 5.43 Å². The number of amides is 1. The Kier molecular flexibility index (Phi) is 22.5. The minimum absolute atomic E-state index is 0.0395. The van der Waals surface area contributed by atoms with Gasteiger partial charge in [-0.15, -0.1) is 5.73 Å². The van der Waals surface area contributed by atoms with Crippen LogP contribution in [-0.4, -0.2) is 12.1 Å². The molecule has 0 aromatic carbocycles. The number of allylic oxidation sites excluding steroid dienone is 1. The van der Waals surface area contributed by atoms with Crippen LogP contribution in [0.25, 0.3) is 0 Å². The van der Waals surface area contributed by atoms with E-state index in [1.54, 1.807) is 0 Å². The van der Waals surface area contributed by atoms with Crippen molar-refractivity contribution >= 4 is 12.1 Å². The van der Waals surface area contributed by atoms with Crippen molar-refractivity contribution in [1.29, 1.82) is 0 Å². The number of nitrogens with one attached hydrogen (secondary N) is 1. The van der Waals surface area contributed by atoms with Gasteiger partial charge in [0, 0.05) is 18.1 Å². The summed E-state index contributed by atoms with van der Waals surface area (Å²) in [4.78, 5) is 12.2. The van der Waals surface area contributed by atoms with Gasteiger partial charge >= 0.3 is 0 Å². The highest BCUT2D eigenvalue weighted by Crippen LogP contribution is 2.28.